The number of nitrogens with one attached hydrogen (secondary N) is 2. The Morgan fingerprint density at radius 2 is 1.08 bits per heavy atom. The fourth-order valence-corrected chi connectivity index (χ4v) is 2.12. The summed E-state index contributed by atoms with van der Waals surface area (Å²) in [4.78, 5) is 23.6. The van der Waals surface area contributed by atoms with E-state index in [4.69, 9.17) is 0 Å². The Morgan fingerprint density at radius 1 is 0.750 bits per heavy atom. The first-order chi connectivity index (χ1) is 11.5. The summed E-state index contributed by atoms with van der Waals surface area (Å²) in [5, 5.41) is 5.58. The van der Waals surface area contributed by atoms with E-state index in [1.165, 1.54) is 0 Å². The molecule has 126 valence electrons. The molecule has 2 amide bonds. The molecule has 0 aliphatic heterocycles. The first-order valence-corrected chi connectivity index (χ1v) is 7.98. The number of aromatic nitrogens is 2. The zero-order valence-electron chi connectivity index (χ0n) is 14.2. The predicted octanol–water partition coefficient (Wildman–Crippen LogP) is -0.189. The number of rotatable bonds is 7. The summed E-state index contributed by atoms with van der Waals surface area (Å²) in [6, 6.07) is 7.82. The lowest BCUT2D eigenvalue weighted by atomic mass is 10.3. The number of hydrogen-bond acceptors (Lipinski definition) is 2. The van der Waals surface area contributed by atoms with Gasteiger partial charge in [0.2, 0.25) is 13.1 Å². The van der Waals surface area contributed by atoms with Crippen LogP contribution in [0.4, 0.5) is 0 Å². The van der Waals surface area contributed by atoms with Gasteiger partial charge in [-0.1, -0.05) is 0 Å². The number of nitrogens with zero attached hydrogens (tertiary/aromatic N) is 2. The van der Waals surface area contributed by atoms with Crippen molar-refractivity contribution in [2.24, 2.45) is 0 Å². The lowest BCUT2D eigenvalue weighted by Gasteiger charge is -2.05. The molecule has 0 bridgehead atoms. The van der Waals surface area contributed by atoms with E-state index in [9.17, 15) is 9.59 Å². The van der Waals surface area contributed by atoms with Gasteiger partial charge in [0, 0.05) is 37.4 Å². The van der Waals surface area contributed by atoms with Gasteiger partial charge in [-0.2, -0.15) is 9.13 Å². The van der Waals surface area contributed by atoms with Crippen LogP contribution in [0.2, 0.25) is 0 Å². The largest absolute Gasteiger partial charge is 0.349 e. The van der Waals surface area contributed by atoms with Crippen molar-refractivity contribution >= 4 is 11.8 Å². The molecule has 6 nitrogen and oxygen atoms in total. The summed E-state index contributed by atoms with van der Waals surface area (Å²) >= 11 is 0. The third-order valence-corrected chi connectivity index (χ3v) is 3.54. The minimum absolute atomic E-state index is 0.0778. The van der Waals surface area contributed by atoms with Crippen LogP contribution in [0.25, 0.3) is 0 Å². The fraction of sp³-hybridized carbons (Fsp3) is 0.333. The van der Waals surface area contributed by atoms with E-state index in [1.54, 1.807) is 0 Å². The average Bonchev–Trinajstić information content (AvgIpc) is 2.56. The molecule has 0 spiro atoms. The Morgan fingerprint density at radius 3 is 1.42 bits per heavy atom. The molecular weight excluding hydrogens is 304 g/mol. The van der Waals surface area contributed by atoms with Crippen molar-refractivity contribution in [1.29, 1.82) is 0 Å². The van der Waals surface area contributed by atoms with Crippen LogP contribution in [0.3, 0.4) is 0 Å². The van der Waals surface area contributed by atoms with E-state index in [2.05, 4.69) is 10.6 Å². The molecule has 0 radical (unpaired) electrons. The number of pyridine rings is 2. The normalized spacial score (nSPS) is 10.2. The number of carbonyl (C=O) groups is 2. The molecule has 0 unspecified atom stereocenters. The standard InChI is InChI=1S/C18H22N4O2/c1-15-3-9-21(10-4-15)13-17(23)19-7-8-20-18(24)14-22-11-5-16(2)6-12-22/h3-6,9-12H,7-8,13-14H2,1-2H3/p+2. The highest BCUT2D eigenvalue weighted by molar-refractivity contribution is 5.75. The monoisotopic (exact) mass is 328 g/mol. The van der Waals surface area contributed by atoms with Crippen LogP contribution in [-0.4, -0.2) is 24.9 Å². The maximum atomic E-state index is 11.8. The summed E-state index contributed by atoms with van der Waals surface area (Å²) in [5.41, 5.74) is 2.31. The second kappa shape index (κ2) is 8.76. The molecule has 2 aromatic heterocycles. The van der Waals surface area contributed by atoms with Gasteiger partial charge in [-0.25, -0.2) is 0 Å². The minimum Gasteiger partial charge on any atom is -0.349 e. The predicted molar refractivity (Wildman–Crippen MR) is 88.8 cm³/mol. The molecule has 0 aliphatic rings. The van der Waals surface area contributed by atoms with Crippen molar-refractivity contribution < 1.29 is 18.7 Å². The van der Waals surface area contributed by atoms with Crippen LogP contribution in [0.1, 0.15) is 11.1 Å². The van der Waals surface area contributed by atoms with Gasteiger partial charge in [-0.15, -0.1) is 0 Å². The van der Waals surface area contributed by atoms with Crippen LogP contribution in [0.15, 0.2) is 49.1 Å². The van der Waals surface area contributed by atoms with Gasteiger partial charge >= 0.3 is 0 Å². The molecule has 0 aliphatic carbocycles. The van der Waals surface area contributed by atoms with Crippen molar-refractivity contribution in [3.05, 3.63) is 60.2 Å². The van der Waals surface area contributed by atoms with E-state index in [0.717, 1.165) is 11.1 Å². The van der Waals surface area contributed by atoms with E-state index < -0.39 is 0 Å². The highest BCUT2D eigenvalue weighted by Crippen LogP contribution is 1.90. The van der Waals surface area contributed by atoms with Crippen molar-refractivity contribution in [3.63, 3.8) is 0 Å². The van der Waals surface area contributed by atoms with Crippen LogP contribution in [0.5, 0.6) is 0 Å². The van der Waals surface area contributed by atoms with Crippen molar-refractivity contribution in [2.75, 3.05) is 13.1 Å². The molecule has 6 heteroatoms. The van der Waals surface area contributed by atoms with Crippen LogP contribution >= 0.6 is 0 Å². The molecule has 24 heavy (non-hydrogen) atoms. The first-order valence-electron chi connectivity index (χ1n) is 7.98. The van der Waals surface area contributed by atoms with Gasteiger partial charge in [0.25, 0.3) is 11.8 Å². The van der Waals surface area contributed by atoms with Gasteiger partial charge in [0.15, 0.2) is 24.8 Å². The summed E-state index contributed by atoms with van der Waals surface area (Å²) in [6.45, 7) is 5.37. The van der Waals surface area contributed by atoms with Crippen LogP contribution < -0.4 is 19.8 Å². The lowest BCUT2D eigenvalue weighted by Crippen LogP contribution is -2.46. The van der Waals surface area contributed by atoms with Crippen molar-refractivity contribution in [3.8, 4) is 0 Å². The molecule has 2 heterocycles. The van der Waals surface area contributed by atoms with Crippen molar-refractivity contribution in [2.45, 2.75) is 26.9 Å². The zero-order chi connectivity index (χ0) is 17.4. The average molecular weight is 328 g/mol. The number of carbonyl (C=O) groups excluding carboxylic acids is 2. The minimum atomic E-state index is -0.0778. The fourth-order valence-electron chi connectivity index (χ4n) is 2.12. The second-order valence-electron chi connectivity index (χ2n) is 5.80. The molecule has 0 saturated heterocycles. The molecule has 2 aromatic rings. The smallest absolute Gasteiger partial charge is 0.286 e. The molecule has 2 N–H and O–H groups in total. The first kappa shape index (κ1) is 17.6. The molecule has 0 atom stereocenters. The Bertz CT molecular complexity index is 620. The lowest BCUT2D eigenvalue weighted by molar-refractivity contribution is -0.684. The molecule has 0 saturated carbocycles. The van der Waals surface area contributed by atoms with Crippen LogP contribution in [-0.2, 0) is 22.7 Å². The summed E-state index contributed by atoms with van der Waals surface area (Å²) in [5.74, 6) is -0.156. The molecule has 2 rings (SSSR count). The van der Waals surface area contributed by atoms with Gasteiger partial charge < -0.3 is 10.6 Å². The number of amides is 2. The number of aryl methyl sites for hydroxylation is 2. The van der Waals surface area contributed by atoms with Gasteiger partial charge in [-0.3, -0.25) is 9.59 Å². The summed E-state index contributed by atoms with van der Waals surface area (Å²) < 4.78 is 3.63. The Kier molecular flexibility index (Phi) is 6.42. The summed E-state index contributed by atoms with van der Waals surface area (Å²) in [6.07, 6.45) is 7.48. The van der Waals surface area contributed by atoms with Crippen molar-refractivity contribution in [1.82, 2.24) is 10.6 Å². The van der Waals surface area contributed by atoms with E-state index in [1.807, 2.05) is 72.0 Å². The zero-order valence-corrected chi connectivity index (χ0v) is 14.2. The van der Waals surface area contributed by atoms with E-state index in [0.29, 0.717) is 13.1 Å². The topological polar surface area (TPSA) is 66.0 Å². The van der Waals surface area contributed by atoms with Gasteiger partial charge in [-0.05, 0) is 25.0 Å². The number of hydrogen-bond donors (Lipinski definition) is 2. The third kappa shape index (κ3) is 6.16. The molecular formula is C18H24N4O2+2. The molecule has 0 fully saturated rings. The second-order valence-corrected chi connectivity index (χ2v) is 5.80. The Balaban J connectivity index is 1.63. The Labute approximate surface area is 142 Å². The van der Waals surface area contributed by atoms with Crippen LogP contribution in [0, 0.1) is 13.8 Å². The van der Waals surface area contributed by atoms with Gasteiger partial charge in [0.1, 0.15) is 0 Å². The van der Waals surface area contributed by atoms with E-state index >= 15 is 0 Å². The third-order valence-electron chi connectivity index (χ3n) is 3.54. The highest BCUT2D eigenvalue weighted by atomic mass is 16.2. The Hall–Kier alpha value is -2.76. The highest BCUT2D eigenvalue weighted by Gasteiger charge is 2.10. The summed E-state index contributed by atoms with van der Waals surface area (Å²) in [7, 11) is 0. The van der Waals surface area contributed by atoms with Gasteiger partial charge in [0.05, 0.1) is 0 Å². The maximum absolute atomic E-state index is 11.8. The van der Waals surface area contributed by atoms with E-state index in [-0.39, 0.29) is 24.9 Å². The SMILES string of the molecule is Cc1cc[n+](CC(=O)NCCNC(=O)C[n+]2ccc(C)cc2)cc1. The molecule has 0 aromatic carbocycles. The quantitative estimate of drug-likeness (QED) is 0.547. The maximum Gasteiger partial charge on any atom is 0.286 e.